The van der Waals surface area contributed by atoms with E-state index in [0.717, 1.165) is 27.7 Å². The highest BCUT2D eigenvalue weighted by molar-refractivity contribution is 7.19. The Bertz CT molecular complexity index is 635. The molecule has 0 aromatic carbocycles. The van der Waals surface area contributed by atoms with Crippen LogP contribution in [-0.2, 0) is 11.2 Å². The smallest absolute Gasteiger partial charge is 0.229 e. The molecule has 0 atom stereocenters. The maximum atomic E-state index is 12.3. The second-order valence-corrected chi connectivity index (χ2v) is 7.14. The van der Waals surface area contributed by atoms with Gasteiger partial charge >= 0.3 is 0 Å². The summed E-state index contributed by atoms with van der Waals surface area (Å²) in [7, 11) is 1.84. The van der Waals surface area contributed by atoms with E-state index in [4.69, 9.17) is 4.98 Å². The molecule has 0 aliphatic heterocycles. The minimum atomic E-state index is -0.0270. The van der Waals surface area contributed by atoms with Crippen molar-refractivity contribution in [2.75, 3.05) is 11.9 Å². The zero-order chi connectivity index (χ0) is 16.3. The summed E-state index contributed by atoms with van der Waals surface area (Å²) in [5.41, 5.74) is 1.99. The molecule has 2 heterocycles. The van der Waals surface area contributed by atoms with E-state index in [9.17, 15) is 4.79 Å². The first kappa shape index (κ1) is 16.6. The van der Waals surface area contributed by atoms with Crippen LogP contribution in [0.2, 0.25) is 0 Å². The first-order chi connectivity index (χ1) is 10.4. The lowest BCUT2D eigenvalue weighted by Gasteiger charge is -2.19. The maximum Gasteiger partial charge on any atom is 0.229 e. The maximum absolute atomic E-state index is 12.3. The van der Waals surface area contributed by atoms with E-state index in [2.05, 4.69) is 18.8 Å². The van der Waals surface area contributed by atoms with Gasteiger partial charge in [-0.3, -0.25) is 9.78 Å². The molecule has 0 bridgehead atoms. The Kier molecular flexibility index (Phi) is 5.29. The third kappa shape index (κ3) is 3.71. The van der Waals surface area contributed by atoms with Gasteiger partial charge in [-0.25, -0.2) is 4.98 Å². The average molecular weight is 317 g/mol. The molecule has 4 nitrogen and oxygen atoms in total. The molecule has 0 unspecified atom stereocenters. The summed E-state index contributed by atoms with van der Waals surface area (Å²) >= 11 is 1.56. The van der Waals surface area contributed by atoms with E-state index in [1.165, 1.54) is 0 Å². The standard InChI is InChI=1S/C17H23N3OS/c1-11(2)9-14-17(20(5)16(21)12(3)4)22-15(19-14)13-7-6-8-18-10-13/h6-8,10-12H,9H2,1-5H3. The molecule has 5 heteroatoms. The summed E-state index contributed by atoms with van der Waals surface area (Å²) in [6.07, 6.45) is 4.43. The van der Waals surface area contributed by atoms with Crippen LogP contribution < -0.4 is 4.90 Å². The lowest BCUT2D eigenvalue weighted by atomic mass is 10.1. The van der Waals surface area contributed by atoms with Crippen molar-refractivity contribution in [3.63, 3.8) is 0 Å². The number of nitrogens with zero attached hydrogens (tertiary/aromatic N) is 3. The van der Waals surface area contributed by atoms with Crippen LogP contribution in [0.1, 0.15) is 33.4 Å². The molecule has 2 rings (SSSR count). The lowest BCUT2D eigenvalue weighted by molar-refractivity contribution is -0.121. The van der Waals surface area contributed by atoms with Crippen LogP contribution >= 0.6 is 11.3 Å². The van der Waals surface area contributed by atoms with E-state index >= 15 is 0 Å². The Hall–Kier alpha value is -1.75. The van der Waals surface area contributed by atoms with Gasteiger partial charge in [0, 0.05) is 30.9 Å². The van der Waals surface area contributed by atoms with Crippen molar-refractivity contribution in [1.82, 2.24) is 9.97 Å². The van der Waals surface area contributed by atoms with Crippen molar-refractivity contribution in [2.24, 2.45) is 11.8 Å². The van der Waals surface area contributed by atoms with Gasteiger partial charge in [0.15, 0.2) is 0 Å². The molecule has 0 saturated heterocycles. The second kappa shape index (κ2) is 7.01. The molecule has 0 aliphatic carbocycles. The Morgan fingerprint density at radius 1 is 1.32 bits per heavy atom. The third-order valence-electron chi connectivity index (χ3n) is 3.32. The van der Waals surface area contributed by atoms with Gasteiger partial charge in [0.2, 0.25) is 5.91 Å². The van der Waals surface area contributed by atoms with E-state index in [-0.39, 0.29) is 11.8 Å². The average Bonchev–Trinajstić information content (AvgIpc) is 2.89. The molecule has 2 aromatic rings. The fourth-order valence-electron chi connectivity index (χ4n) is 2.23. The van der Waals surface area contributed by atoms with Gasteiger partial charge in [0.05, 0.1) is 5.69 Å². The first-order valence-electron chi connectivity index (χ1n) is 7.57. The number of pyridine rings is 1. The monoisotopic (exact) mass is 317 g/mol. The van der Waals surface area contributed by atoms with Crippen molar-refractivity contribution in [3.05, 3.63) is 30.2 Å². The Morgan fingerprint density at radius 2 is 2.05 bits per heavy atom. The molecule has 0 fully saturated rings. The number of aromatic nitrogens is 2. The highest BCUT2D eigenvalue weighted by Crippen LogP contribution is 2.35. The normalized spacial score (nSPS) is 11.2. The van der Waals surface area contributed by atoms with Crippen molar-refractivity contribution in [1.29, 1.82) is 0 Å². The van der Waals surface area contributed by atoms with Crippen molar-refractivity contribution >= 4 is 22.2 Å². The SMILES string of the molecule is CC(C)Cc1nc(-c2cccnc2)sc1N(C)C(=O)C(C)C. The van der Waals surface area contributed by atoms with Crippen molar-refractivity contribution in [2.45, 2.75) is 34.1 Å². The largest absolute Gasteiger partial charge is 0.305 e. The molecular weight excluding hydrogens is 294 g/mol. The van der Waals surface area contributed by atoms with E-state index in [0.29, 0.717) is 5.92 Å². The van der Waals surface area contributed by atoms with Crippen molar-refractivity contribution in [3.8, 4) is 10.6 Å². The molecule has 0 spiro atoms. The fourth-order valence-corrected chi connectivity index (χ4v) is 3.28. The van der Waals surface area contributed by atoms with Crippen LogP contribution in [0.5, 0.6) is 0 Å². The van der Waals surface area contributed by atoms with Crippen LogP contribution in [0.15, 0.2) is 24.5 Å². The van der Waals surface area contributed by atoms with Gasteiger partial charge in [-0.15, -0.1) is 0 Å². The summed E-state index contributed by atoms with van der Waals surface area (Å²) in [4.78, 5) is 23.0. The first-order valence-corrected chi connectivity index (χ1v) is 8.39. The summed E-state index contributed by atoms with van der Waals surface area (Å²) in [5, 5.41) is 1.87. The molecule has 0 aliphatic rings. The summed E-state index contributed by atoms with van der Waals surface area (Å²) in [6.45, 7) is 8.17. The summed E-state index contributed by atoms with van der Waals surface area (Å²) in [6, 6.07) is 3.90. The Balaban J connectivity index is 2.43. The number of carbonyl (C=O) groups is 1. The van der Waals surface area contributed by atoms with Gasteiger partial charge in [0.25, 0.3) is 0 Å². The predicted molar refractivity (Wildman–Crippen MR) is 92.1 cm³/mol. The number of hydrogen-bond acceptors (Lipinski definition) is 4. The van der Waals surface area contributed by atoms with E-state index in [1.807, 2.05) is 39.2 Å². The quantitative estimate of drug-likeness (QED) is 0.836. The minimum absolute atomic E-state index is 0.0270. The number of thiazole rings is 1. The predicted octanol–water partition coefficient (Wildman–Crippen LogP) is 4.02. The number of hydrogen-bond donors (Lipinski definition) is 0. The topological polar surface area (TPSA) is 46.1 Å². The van der Waals surface area contributed by atoms with E-state index < -0.39 is 0 Å². The van der Waals surface area contributed by atoms with Crippen LogP contribution in [-0.4, -0.2) is 22.9 Å². The highest BCUT2D eigenvalue weighted by atomic mass is 32.1. The third-order valence-corrected chi connectivity index (χ3v) is 4.54. The number of carbonyl (C=O) groups excluding carboxylic acids is 1. The molecule has 0 radical (unpaired) electrons. The zero-order valence-corrected chi connectivity index (χ0v) is 14.6. The zero-order valence-electron chi connectivity index (χ0n) is 13.8. The molecule has 2 aromatic heterocycles. The summed E-state index contributed by atoms with van der Waals surface area (Å²) in [5.74, 6) is 0.581. The Morgan fingerprint density at radius 3 is 2.59 bits per heavy atom. The molecule has 118 valence electrons. The van der Waals surface area contributed by atoms with Gasteiger partial charge < -0.3 is 4.90 Å². The van der Waals surface area contributed by atoms with Crippen LogP contribution in [0.3, 0.4) is 0 Å². The lowest BCUT2D eigenvalue weighted by Crippen LogP contribution is -2.30. The second-order valence-electron chi connectivity index (χ2n) is 6.16. The van der Waals surface area contributed by atoms with Gasteiger partial charge in [-0.05, 0) is 24.5 Å². The van der Waals surface area contributed by atoms with Gasteiger partial charge in [-0.2, -0.15) is 0 Å². The van der Waals surface area contributed by atoms with Crippen LogP contribution in [0, 0.1) is 11.8 Å². The fraction of sp³-hybridized carbons (Fsp3) is 0.471. The molecule has 0 saturated carbocycles. The Labute approximate surface area is 136 Å². The van der Waals surface area contributed by atoms with Crippen molar-refractivity contribution < 1.29 is 4.79 Å². The van der Waals surface area contributed by atoms with Crippen LogP contribution in [0.4, 0.5) is 5.00 Å². The highest BCUT2D eigenvalue weighted by Gasteiger charge is 2.22. The number of rotatable bonds is 5. The molecule has 22 heavy (non-hydrogen) atoms. The van der Waals surface area contributed by atoms with Gasteiger partial charge in [0.1, 0.15) is 10.0 Å². The molecule has 0 N–H and O–H groups in total. The number of anilines is 1. The molecular formula is C17H23N3OS. The van der Waals surface area contributed by atoms with E-state index in [1.54, 1.807) is 22.4 Å². The molecule has 1 amide bonds. The van der Waals surface area contributed by atoms with Gasteiger partial charge in [-0.1, -0.05) is 39.0 Å². The number of amides is 1. The minimum Gasteiger partial charge on any atom is -0.305 e. The van der Waals surface area contributed by atoms with Crippen LogP contribution in [0.25, 0.3) is 10.6 Å². The summed E-state index contributed by atoms with van der Waals surface area (Å²) < 4.78 is 0.